The molecule has 0 spiro atoms. The van der Waals surface area contributed by atoms with Crippen molar-refractivity contribution in [1.82, 2.24) is 14.8 Å². The summed E-state index contributed by atoms with van der Waals surface area (Å²) in [6, 6.07) is 8.58. The Bertz CT molecular complexity index is 954. The summed E-state index contributed by atoms with van der Waals surface area (Å²) in [5.41, 5.74) is 0.0132. The molecule has 4 rings (SSSR count). The van der Waals surface area contributed by atoms with Gasteiger partial charge < -0.3 is 5.32 Å². The lowest BCUT2D eigenvalue weighted by Crippen LogP contribution is -2.48. The minimum atomic E-state index is -0.542. The van der Waals surface area contributed by atoms with Crippen LogP contribution in [-0.2, 0) is 0 Å². The third-order valence-corrected chi connectivity index (χ3v) is 5.87. The zero-order valence-corrected chi connectivity index (χ0v) is 15.8. The quantitative estimate of drug-likeness (QED) is 0.648. The van der Waals surface area contributed by atoms with Crippen LogP contribution in [0.5, 0.6) is 0 Å². The maximum atomic E-state index is 12.6. The maximum absolute atomic E-state index is 12.6. The van der Waals surface area contributed by atoms with Crippen LogP contribution in [0, 0.1) is 16.0 Å². The molecule has 2 unspecified atom stereocenters. The Hall–Kier alpha value is -3.23. The van der Waals surface area contributed by atoms with E-state index in [-0.39, 0.29) is 23.0 Å². The van der Waals surface area contributed by atoms with Gasteiger partial charge in [-0.3, -0.25) is 19.9 Å². The Kier molecular flexibility index (Phi) is 4.37. The average Bonchev–Trinajstić information content (AvgIpc) is 3.21. The number of hydrogen-bond acceptors (Lipinski definition) is 6. The number of carbonyl (C=O) groups is 1. The summed E-state index contributed by atoms with van der Waals surface area (Å²) < 4.78 is 1.41. The molecule has 1 fully saturated rings. The Morgan fingerprint density at radius 3 is 2.75 bits per heavy atom. The van der Waals surface area contributed by atoms with E-state index in [0.717, 1.165) is 32.0 Å². The van der Waals surface area contributed by atoms with Crippen molar-refractivity contribution in [2.75, 3.05) is 11.9 Å². The minimum Gasteiger partial charge on any atom is -0.301 e. The molecule has 1 N–H and O–H groups in total. The van der Waals surface area contributed by atoms with Crippen molar-refractivity contribution >= 4 is 23.2 Å². The number of carbonyl (C=O) groups excluding carboxylic acids is 1. The van der Waals surface area contributed by atoms with Crippen molar-refractivity contribution in [3.8, 4) is 0 Å². The van der Waals surface area contributed by atoms with Gasteiger partial charge in [-0.2, -0.15) is 14.9 Å². The summed E-state index contributed by atoms with van der Waals surface area (Å²) in [4.78, 5) is 23.6. The molecule has 1 amide bonds. The van der Waals surface area contributed by atoms with E-state index in [2.05, 4.69) is 29.3 Å². The molecule has 9 nitrogen and oxygen atoms in total. The van der Waals surface area contributed by atoms with Crippen molar-refractivity contribution in [1.29, 1.82) is 0 Å². The van der Waals surface area contributed by atoms with Crippen LogP contribution < -0.4 is 5.32 Å². The second-order valence-corrected chi connectivity index (χ2v) is 7.48. The van der Waals surface area contributed by atoms with E-state index < -0.39 is 10.8 Å². The zero-order valence-electron chi connectivity index (χ0n) is 15.8. The fourth-order valence-corrected chi connectivity index (χ4v) is 3.98. The molecule has 9 heteroatoms. The predicted molar refractivity (Wildman–Crippen MR) is 104 cm³/mol. The highest BCUT2D eigenvalue weighted by Gasteiger charge is 2.48. The van der Waals surface area contributed by atoms with Gasteiger partial charge in [0.2, 0.25) is 5.82 Å². The van der Waals surface area contributed by atoms with Gasteiger partial charge in [0.25, 0.3) is 5.91 Å². The zero-order chi connectivity index (χ0) is 19.9. The molecule has 1 saturated heterocycles. The molecule has 146 valence electrons. The van der Waals surface area contributed by atoms with E-state index in [1.807, 2.05) is 0 Å². The Morgan fingerprint density at radius 1 is 1.32 bits per heavy atom. The fraction of sp³-hybridized carbons (Fsp3) is 0.421. The van der Waals surface area contributed by atoms with Crippen LogP contribution in [0.4, 0.5) is 11.5 Å². The van der Waals surface area contributed by atoms with Gasteiger partial charge in [0, 0.05) is 18.0 Å². The molecular formula is C19H22N6O3. The molecule has 0 bridgehead atoms. The number of benzene rings is 1. The van der Waals surface area contributed by atoms with Crippen molar-refractivity contribution in [2.24, 2.45) is 11.0 Å². The first kappa shape index (κ1) is 18.1. The molecule has 2 aliphatic heterocycles. The number of rotatable bonds is 3. The van der Waals surface area contributed by atoms with Crippen LogP contribution in [0.15, 0.2) is 41.6 Å². The van der Waals surface area contributed by atoms with E-state index in [0.29, 0.717) is 11.4 Å². The standard InChI is InChI=1S/C19H22N6O3/c1-13-16(22-23-11-7-6-10-19(13,23)2)24-17(15(12-20-24)25(27)28)21-18(26)14-8-4-3-5-9-14/h3-5,8-9,12-13H,6-7,10-11H2,1-2H3,(H,21,26). The molecule has 0 aliphatic carbocycles. The lowest BCUT2D eigenvalue weighted by Gasteiger charge is -2.41. The summed E-state index contributed by atoms with van der Waals surface area (Å²) in [6.07, 6.45) is 4.35. The van der Waals surface area contributed by atoms with Gasteiger partial charge in [-0.05, 0) is 38.3 Å². The third kappa shape index (κ3) is 2.83. The van der Waals surface area contributed by atoms with Gasteiger partial charge in [-0.25, -0.2) is 0 Å². The van der Waals surface area contributed by atoms with Crippen LogP contribution in [0.3, 0.4) is 0 Å². The van der Waals surface area contributed by atoms with E-state index >= 15 is 0 Å². The normalized spacial score (nSPS) is 23.9. The largest absolute Gasteiger partial charge is 0.331 e. The molecule has 28 heavy (non-hydrogen) atoms. The van der Waals surface area contributed by atoms with Crippen molar-refractivity contribution in [3.05, 3.63) is 52.2 Å². The van der Waals surface area contributed by atoms with Gasteiger partial charge >= 0.3 is 5.69 Å². The third-order valence-electron chi connectivity index (χ3n) is 5.87. The molecule has 1 aromatic heterocycles. The smallest absolute Gasteiger partial charge is 0.301 e. The number of aromatic nitrogens is 2. The Balaban J connectivity index is 1.73. The van der Waals surface area contributed by atoms with Crippen molar-refractivity contribution in [2.45, 2.75) is 38.6 Å². The summed E-state index contributed by atoms with van der Waals surface area (Å²) in [7, 11) is 0. The van der Waals surface area contributed by atoms with Crippen LogP contribution >= 0.6 is 0 Å². The molecule has 3 heterocycles. The minimum absolute atomic E-state index is 0.0136. The van der Waals surface area contributed by atoms with Crippen LogP contribution in [-0.4, -0.2) is 43.5 Å². The number of anilines is 1. The number of nitro groups is 1. The Labute approximate surface area is 162 Å². The second-order valence-electron chi connectivity index (χ2n) is 7.48. The van der Waals surface area contributed by atoms with Gasteiger partial charge in [-0.15, -0.1) is 0 Å². The van der Waals surface area contributed by atoms with E-state index in [9.17, 15) is 14.9 Å². The molecule has 0 radical (unpaired) electrons. The van der Waals surface area contributed by atoms with Crippen molar-refractivity contribution < 1.29 is 9.72 Å². The average molecular weight is 382 g/mol. The monoisotopic (exact) mass is 382 g/mol. The number of nitrogens with one attached hydrogen (secondary N) is 1. The van der Waals surface area contributed by atoms with Crippen molar-refractivity contribution in [3.63, 3.8) is 0 Å². The summed E-state index contributed by atoms with van der Waals surface area (Å²) in [5.74, 6) is 0.231. The number of hydrogen-bond donors (Lipinski definition) is 1. The number of piperidine rings is 1. The van der Waals surface area contributed by atoms with Crippen LogP contribution in [0.1, 0.15) is 43.5 Å². The SMILES string of the molecule is CC1C(n2ncc([N+](=O)[O-])c2NC(=O)c2ccccc2)=NN2CCCCC12C. The number of hydrazone groups is 1. The first-order chi connectivity index (χ1) is 13.4. The van der Waals surface area contributed by atoms with Crippen LogP contribution in [0.2, 0.25) is 0 Å². The van der Waals surface area contributed by atoms with Gasteiger partial charge in [0.1, 0.15) is 6.20 Å². The lowest BCUT2D eigenvalue weighted by atomic mass is 9.80. The molecule has 0 saturated carbocycles. The number of nitrogens with zero attached hydrogens (tertiary/aromatic N) is 5. The summed E-state index contributed by atoms with van der Waals surface area (Å²) >= 11 is 0. The highest BCUT2D eigenvalue weighted by Crippen LogP contribution is 2.41. The van der Waals surface area contributed by atoms with Gasteiger partial charge in [-0.1, -0.05) is 25.1 Å². The molecule has 2 atom stereocenters. The highest BCUT2D eigenvalue weighted by atomic mass is 16.6. The van der Waals surface area contributed by atoms with Gasteiger partial charge in [0.15, 0.2) is 5.84 Å². The van der Waals surface area contributed by atoms with E-state index in [1.54, 1.807) is 30.3 Å². The van der Waals surface area contributed by atoms with E-state index in [1.165, 1.54) is 4.68 Å². The van der Waals surface area contributed by atoms with Gasteiger partial charge in [0.05, 0.1) is 10.5 Å². The fourth-order valence-electron chi connectivity index (χ4n) is 3.98. The first-order valence-corrected chi connectivity index (χ1v) is 9.37. The second kappa shape index (κ2) is 6.74. The molecule has 2 aliphatic rings. The Morgan fingerprint density at radius 2 is 2.07 bits per heavy atom. The predicted octanol–water partition coefficient (Wildman–Crippen LogP) is 3.10. The highest BCUT2D eigenvalue weighted by molar-refractivity contribution is 6.06. The lowest BCUT2D eigenvalue weighted by molar-refractivity contribution is -0.384. The molecule has 1 aromatic carbocycles. The molecular weight excluding hydrogens is 360 g/mol. The molecule has 2 aromatic rings. The summed E-state index contributed by atoms with van der Waals surface area (Å²) in [5, 5.41) is 25.2. The maximum Gasteiger partial charge on any atom is 0.331 e. The first-order valence-electron chi connectivity index (χ1n) is 9.37. The number of fused-ring (bicyclic) bond motifs is 1. The summed E-state index contributed by atoms with van der Waals surface area (Å²) in [6.45, 7) is 5.06. The topological polar surface area (TPSA) is 106 Å². The van der Waals surface area contributed by atoms with E-state index in [4.69, 9.17) is 5.10 Å². The number of amides is 1. The van der Waals surface area contributed by atoms with Crippen LogP contribution in [0.25, 0.3) is 0 Å².